The van der Waals surface area contributed by atoms with Crippen molar-refractivity contribution in [2.45, 2.75) is 50.7 Å². The molecule has 29 heavy (non-hydrogen) atoms. The van der Waals surface area contributed by atoms with Crippen LogP contribution in [0.5, 0.6) is 0 Å². The number of rotatable bonds is 4. The molecule has 3 N–H and O–H groups in total. The van der Waals surface area contributed by atoms with E-state index < -0.39 is 23.8 Å². The molecule has 3 aliphatic heterocycles. The number of amides is 4. The largest absolute Gasteiger partial charge is 0.315 e. The van der Waals surface area contributed by atoms with Crippen molar-refractivity contribution in [2.75, 3.05) is 13.1 Å². The van der Waals surface area contributed by atoms with E-state index in [1.54, 1.807) is 12.1 Å². The first-order valence-electron chi connectivity index (χ1n) is 10.2. The molecule has 3 fully saturated rings. The molecule has 1 aromatic rings. The van der Waals surface area contributed by atoms with E-state index in [9.17, 15) is 19.2 Å². The monoisotopic (exact) mass is 396 g/mol. The molecule has 2 atom stereocenters. The molecule has 0 aromatic heterocycles. The lowest BCUT2D eigenvalue weighted by atomic mass is 9.92. The fourth-order valence-electron chi connectivity index (χ4n) is 4.77. The van der Waals surface area contributed by atoms with Crippen molar-refractivity contribution < 1.29 is 19.2 Å². The molecule has 1 aliphatic carbocycles. The molecule has 8 nitrogen and oxygen atoms in total. The Morgan fingerprint density at radius 1 is 1.10 bits per heavy atom. The first kappa shape index (κ1) is 18.4. The SMILES string of the molecule is O=C1CCC(N2C(=O)c3ccc(CNC4CNCC5(CC5)C4)cc3C2=O)C(=O)N1. The zero-order valence-electron chi connectivity index (χ0n) is 16.1. The van der Waals surface area contributed by atoms with Crippen LogP contribution in [0.1, 0.15) is 58.4 Å². The fourth-order valence-corrected chi connectivity index (χ4v) is 4.77. The molecule has 0 bridgehead atoms. The molecule has 152 valence electrons. The second-order valence-electron chi connectivity index (χ2n) is 8.74. The molecule has 3 heterocycles. The predicted octanol–water partition coefficient (Wildman–Crippen LogP) is 0.320. The second kappa shape index (κ2) is 6.74. The maximum Gasteiger partial charge on any atom is 0.262 e. The molecule has 5 rings (SSSR count). The van der Waals surface area contributed by atoms with Crippen LogP contribution in [0.25, 0.3) is 0 Å². The molecular weight excluding hydrogens is 372 g/mol. The number of carbonyl (C=O) groups excluding carboxylic acids is 4. The van der Waals surface area contributed by atoms with Crippen molar-refractivity contribution >= 4 is 23.6 Å². The Balaban J connectivity index is 1.29. The van der Waals surface area contributed by atoms with Gasteiger partial charge in [-0.25, -0.2) is 0 Å². The summed E-state index contributed by atoms with van der Waals surface area (Å²) in [7, 11) is 0. The molecule has 1 spiro atoms. The van der Waals surface area contributed by atoms with Crippen LogP contribution in [0.15, 0.2) is 18.2 Å². The molecule has 8 heteroatoms. The molecule has 4 aliphatic rings. The van der Waals surface area contributed by atoms with Crippen LogP contribution in [-0.2, 0) is 16.1 Å². The number of fused-ring (bicyclic) bond motifs is 1. The van der Waals surface area contributed by atoms with Gasteiger partial charge in [-0.1, -0.05) is 6.07 Å². The lowest BCUT2D eigenvalue weighted by molar-refractivity contribution is -0.136. The Bertz CT molecular complexity index is 923. The summed E-state index contributed by atoms with van der Waals surface area (Å²) >= 11 is 0. The minimum atomic E-state index is -0.926. The minimum absolute atomic E-state index is 0.121. The molecule has 2 unspecified atom stereocenters. The van der Waals surface area contributed by atoms with Gasteiger partial charge in [-0.3, -0.25) is 29.4 Å². The Kier molecular flexibility index (Phi) is 4.29. The smallest absolute Gasteiger partial charge is 0.262 e. The van der Waals surface area contributed by atoms with E-state index in [0.29, 0.717) is 29.1 Å². The van der Waals surface area contributed by atoms with Crippen molar-refractivity contribution in [2.24, 2.45) is 5.41 Å². The van der Waals surface area contributed by atoms with Crippen LogP contribution in [-0.4, -0.2) is 53.7 Å². The number of hydrogen-bond acceptors (Lipinski definition) is 6. The first-order valence-corrected chi connectivity index (χ1v) is 10.2. The Morgan fingerprint density at radius 3 is 2.66 bits per heavy atom. The van der Waals surface area contributed by atoms with Gasteiger partial charge < -0.3 is 10.6 Å². The molecule has 1 saturated carbocycles. The number of carbonyl (C=O) groups is 4. The summed E-state index contributed by atoms with van der Waals surface area (Å²) in [6, 6.07) is 4.74. The number of imide groups is 2. The highest BCUT2D eigenvalue weighted by Crippen LogP contribution is 2.50. The van der Waals surface area contributed by atoms with Crippen LogP contribution in [0.2, 0.25) is 0 Å². The number of benzene rings is 1. The molecule has 0 radical (unpaired) electrons. The van der Waals surface area contributed by atoms with Crippen molar-refractivity contribution in [3.63, 3.8) is 0 Å². The van der Waals surface area contributed by atoms with E-state index in [2.05, 4.69) is 16.0 Å². The van der Waals surface area contributed by atoms with Gasteiger partial charge in [0.15, 0.2) is 0 Å². The Labute approximate surface area is 168 Å². The molecule has 2 saturated heterocycles. The van der Waals surface area contributed by atoms with E-state index in [0.717, 1.165) is 23.6 Å². The summed E-state index contributed by atoms with van der Waals surface area (Å²) in [5.74, 6) is -1.89. The maximum atomic E-state index is 12.9. The lowest BCUT2D eigenvalue weighted by Gasteiger charge is -2.30. The van der Waals surface area contributed by atoms with E-state index in [-0.39, 0.29) is 18.7 Å². The van der Waals surface area contributed by atoms with Gasteiger partial charge in [-0.2, -0.15) is 0 Å². The molecule has 1 aromatic carbocycles. The van der Waals surface area contributed by atoms with Gasteiger partial charge in [-0.05, 0) is 48.8 Å². The van der Waals surface area contributed by atoms with Crippen LogP contribution in [0.4, 0.5) is 0 Å². The minimum Gasteiger partial charge on any atom is -0.315 e. The summed E-state index contributed by atoms with van der Waals surface area (Å²) in [5.41, 5.74) is 2.07. The van der Waals surface area contributed by atoms with Gasteiger partial charge in [0.25, 0.3) is 11.8 Å². The first-order chi connectivity index (χ1) is 14.0. The van der Waals surface area contributed by atoms with Crippen molar-refractivity contribution in [1.29, 1.82) is 0 Å². The quantitative estimate of drug-likeness (QED) is 0.633. The molecular formula is C21H24N4O4. The Morgan fingerprint density at radius 2 is 1.90 bits per heavy atom. The normalized spacial score (nSPS) is 27.9. The zero-order valence-corrected chi connectivity index (χ0v) is 16.1. The van der Waals surface area contributed by atoms with Gasteiger partial charge in [0, 0.05) is 32.1 Å². The number of nitrogens with one attached hydrogen (secondary N) is 3. The lowest BCUT2D eigenvalue weighted by Crippen LogP contribution is -2.54. The van der Waals surface area contributed by atoms with E-state index in [1.807, 2.05) is 6.07 Å². The van der Waals surface area contributed by atoms with Gasteiger partial charge in [-0.15, -0.1) is 0 Å². The van der Waals surface area contributed by atoms with Gasteiger partial charge in [0.2, 0.25) is 11.8 Å². The summed E-state index contributed by atoms with van der Waals surface area (Å²) in [5, 5.41) is 9.28. The highest BCUT2D eigenvalue weighted by atomic mass is 16.2. The highest BCUT2D eigenvalue weighted by molar-refractivity contribution is 6.23. The van der Waals surface area contributed by atoms with Crippen molar-refractivity contribution in [3.05, 3.63) is 34.9 Å². The van der Waals surface area contributed by atoms with E-state index >= 15 is 0 Å². The summed E-state index contributed by atoms with van der Waals surface area (Å²) in [6.07, 6.45) is 4.05. The average Bonchev–Trinajstić information content (AvgIpc) is 3.40. The summed E-state index contributed by atoms with van der Waals surface area (Å²) in [6.45, 7) is 2.67. The summed E-state index contributed by atoms with van der Waals surface area (Å²) in [4.78, 5) is 50.2. The number of piperidine rings is 2. The van der Waals surface area contributed by atoms with Crippen LogP contribution >= 0.6 is 0 Å². The highest BCUT2D eigenvalue weighted by Gasteiger charge is 2.46. The predicted molar refractivity (Wildman–Crippen MR) is 103 cm³/mol. The fraction of sp³-hybridized carbons (Fsp3) is 0.524. The zero-order chi connectivity index (χ0) is 20.2. The van der Waals surface area contributed by atoms with Gasteiger partial charge in [0.05, 0.1) is 11.1 Å². The number of nitrogens with zero attached hydrogens (tertiary/aromatic N) is 1. The third kappa shape index (κ3) is 3.26. The van der Waals surface area contributed by atoms with Crippen molar-refractivity contribution in [3.8, 4) is 0 Å². The Hall–Kier alpha value is -2.58. The third-order valence-electron chi connectivity index (χ3n) is 6.63. The second-order valence-corrected chi connectivity index (χ2v) is 8.74. The topological polar surface area (TPSA) is 108 Å². The van der Waals surface area contributed by atoms with Gasteiger partial charge >= 0.3 is 0 Å². The van der Waals surface area contributed by atoms with Crippen LogP contribution in [0.3, 0.4) is 0 Å². The van der Waals surface area contributed by atoms with E-state index in [1.165, 1.54) is 19.3 Å². The maximum absolute atomic E-state index is 12.9. The van der Waals surface area contributed by atoms with Crippen molar-refractivity contribution in [1.82, 2.24) is 20.9 Å². The van der Waals surface area contributed by atoms with Gasteiger partial charge in [0.1, 0.15) is 6.04 Å². The number of hydrogen-bond donors (Lipinski definition) is 3. The third-order valence-corrected chi connectivity index (χ3v) is 6.63. The van der Waals surface area contributed by atoms with E-state index in [4.69, 9.17) is 0 Å². The van der Waals surface area contributed by atoms with Crippen LogP contribution < -0.4 is 16.0 Å². The summed E-state index contributed by atoms with van der Waals surface area (Å²) < 4.78 is 0. The molecule has 4 amide bonds. The standard InChI is InChI=1S/C21H24N4O4/c26-17-4-3-16(18(27)24-17)25-19(28)14-2-1-12(7-15(14)20(25)29)9-23-13-8-21(5-6-21)11-22-10-13/h1-2,7,13,16,22-23H,3-6,8-11H2,(H,24,26,27). The van der Waals surface area contributed by atoms with Crippen LogP contribution in [0, 0.1) is 5.41 Å². The average molecular weight is 396 g/mol.